The predicted molar refractivity (Wildman–Crippen MR) is 81.1 cm³/mol. The van der Waals surface area contributed by atoms with Crippen LogP contribution in [0, 0.1) is 20.8 Å². The van der Waals surface area contributed by atoms with Crippen LogP contribution in [0.25, 0.3) is 0 Å². The highest BCUT2D eigenvalue weighted by molar-refractivity contribution is 5.59. The Kier molecular flexibility index (Phi) is 4.83. The van der Waals surface area contributed by atoms with Crippen LogP contribution in [0.1, 0.15) is 23.1 Å². The van der Waals surface area contributed by atoms with Crippen LogP contribution in [0.4, 0.5) is 5.69 Å². The summed E-state index contributed by atoms with van der Waals surface area (Å²) in [6, 6.07) is 4.52. The van der Waals surface area contributed by atoms with Crippen molar-refractivity contribution in [2.24, 2.45) is 0 Å². The topological polar surface area (TPSA) is 24.5 Å². The largest absolute Gasteiger partial charge is 0.376 e. The lowest BCUT2D eigenvalue weighted by Gasteiger charge is -2.28. The van der Waals surface area contributed by atoms with E-state index in [1.165, 1.54) is 22.4 Å². The van der Waals surface area contributed by atoms with Crippen LogP contribution in [0.2, 0.25) is 0 Å². The number of nitrogens with one attached hydrogen (secondary N) is 1. The number of aryl methyl sites for hydroxylation is 3. The number of morpholine rings is 1. The maximum atomic E-state index is 5.75. The van der Waals surface area contributed by atoms with E-state index in [1.807, 2.05) is 0 Å². The molecule has 1 N–H and O–H groups in total. The number of hydrogen-bond donors (Lipinski definition) is 1. The quantitative estimate of drug-likeness (QED) is 0.902. The molecule has 1 fully saturated rings. The maximum absolute atomic E-state index is 5.75. The Morgan fingerprint density at radius 3 is 2.53 bits per heavy atom. The van der Waals surface area contributed by atoms with E-state index in [4.69, 9.17) is 4.74 Å². The highest BCUT2D eigenvalue weighted by Crippen LogP contribution is 2.25. The Balaban J connectivity index is 1.97. The molecule has 3 heteroatoms. The van der Waals surface area contributed by atoms with Crippen LogP contribution in [0.3, 0.4) is 0 Å². The van der Waals surface area contributed by atoms with Gasteiger partial charge in [-0.1, -0.05) is 17.7 Å². The van der Waals surface area contributed by atoms with Crippen molar-refractivity contribution < 1.29 is 4.74 Å². The second-order valence-corrected chi connectivity index (χ2v) is 5.65. The summed E-state index contributed by atoms with van der Waals surface area (Å²) in [5, 5.41) is 3.39. The van der Waals surface area contributed by atoms with Gasteiger partial charge in [0.15, 0.2) is 0 Å². The average molecular weight is 262 g/mol. The molecular weight excluding hydrogens is 236 g/mol. The molecule has 0 aliphatic carbocycles. The number of rotatable bonds is 4. The van der Waals surface area contributed by atoms with Crippen LogP contribution in [0.15, 0.2) is 12.1 Å². The molecule has 1 aromatic carbocycles. The molecule has 2 rings (SSSR count). The number of benzene rings is 1. The van der Waals surface area contributed by atoms with E-state index in [-0.39, 0.29) is 0 Å². The molecule has 19 heavy (non-hydrogen) atoms. The van der Waals surface area contributed by atoms with E-state index in [0.29, 0.717) is 6.10 Å². The number of anilines is 1. The van der Waals surface area contributed by atoms with Crippen molar-refractivity contribution in [3.05, 3.63) is 28.8 Å². The molecule has 0 aromatic heterocycles. The molecule has 1 atom stereocenters. The van der Waals surface area contributed by atoms with Crippen molar-refractivity contribution in [1.29, 1.82) is 0 Å². The molecule has 0 saturated carbocycles. The van der Waals surface area contributed by atoms with Gasteiger partial charge in [0.05, 0.1) is 12.7 Å². The van der Waals surface area contributed by atoms with Crippen LogP contribution in [0.5, 0.6) is 0 Å². The zero-order chi connectivity index (χ0) is 13.8. The lowest BCUT2D eigenvalue weighted by Crippen LogP contribution is -2.40. The van der Waals surface area contributed by atoms with E-state index in [0.717, 1.165) is 32.7 Å². The summed E-state index contributed by atoms with van der Waals surface area (Å²) < 4.78 is 5.75. The Hall–Kier alpha value is -1.06. The van der Waals surface area contributed by atoms with E-state index in [9.17, 15) is 0 Å². The molecule has 0 bridgehead atoms. The summed E-state index contributed by atoms with van der Waals surface area (Å²) in [5.74, 6) is 0. The lowest BCUT2D eigenvalue weighted by molar-refractivity contribution is 0.0250. The van der Waals surface area contributed by atoms with Gasteiger partial charge in [-0.2, -0.15) is 0 Å². The fourth-order valence-electron chi connectivity index (χ4n) is 3.03. The minimum absolute atomic E-state index is 0.363. The Morgan fingerprint density at radius 1 is 1.26 bits per heavy atom. The van der Waals surface area contributed by atoms with E-state index < -0.39 is 0 Å². The van der Waals surface area contributed by atoms with Crippen molar-refractivity contribution in [3.63, 3.8) is 0 Å². The van der Waals surface area contributed by atoms with Gasteiger partial charge < -0.3 is 15.0 Å². The highest BCUT2D eigenvalue weighted by Gasteiger charge is 2.15. The van der Waals surface area contributed by atoms with Crippen LogP contribution >= 0.6 is 0 Å². The molecule has 1 unspecified atom stereocenters. The van der Waals surface area contributed by atoms with Gasteiger partial charge in [-0.3, -0.25) is 0 Å². The second kappa shape index (κ2) is 6.40. The van der Waals surface area contributed by atoms with Gasteiger partial charge in [0, 0.05) is 32.4 Å². The molecular formula is C16H26N2O. The summed E-state index contributed by atoms with van der Waals surface area (Å²) in [6.07, 6.45) is 1.44. The van der Waals surface area contributed by atoms with Gasteiger partial charge in [-0.15, -0.1) is 0 Å². The highest BCUT2D eigenvalue weighted by atomic mass is 16.5. The fourth-order valence-corrected chi connectivity index (χ4v) is 3.03. The third-order valence-corrected chi connectivity index (χ3v) is 3.81. The zero-order valence-corrected chi connectivity index (χ0v) is 12.6. The first-order valence-corrected chi connectivity index (χ1v) is 7.19. The van der Waals surface area contributed by atoms with Crippen LogP contribution in [-0.2, 0) is 4.74 Å². The van der Waals surface area contributed by atoms with Gasteiger partial charge in [-0.05, 0) is 38.3 Å². The first kappa shape index (κ1) is 14.4. The molecule has 1 aliphatic rings. The van der Waals surface area contributed by atoms with Crippen molar-refractivity contribution in [2.45, 2.75) is 33.3 Å². The lowest BCUT2D eigenvalue weighted by atomic mass is 10.0. The zero-order valence-electron chi connectivity index (χ0n) is 12.6. The summed E-state index contributed by atoms with van der Waals surface area (Å²) in [7, 11) is 2.18. The summed E-state index contributed by atoms with van der Waals surface area (Å²) in [5.41, 5.74) is 5.44. The number of hydrogen-bond acceptors (Lipinski definition) is 3. The minimum atomic E-state index is 0.363. The van der Waals surface area contributed by atoms with Crippen LogP contribution < -0.4 is 10.2 Å². The SMILES string of the molecule is Cc1cc(C)c(N(C)CCC2CNCCO2)c(C)c1. The van der Waals surface area contributed by atoms with Gasteiger partial charge >= 0.3 is 0 Å². The molecule has 0 radical (unpaired) electrons. The van der Waals surface area contributed by atoms with E-state index in [2.05, 4.69) is 50.2 Å². The second-order valence-electron chi connectivity index (χ2n) is 5.65. The van der Waals surface area contributed by atoms with E-state index in [1.54, 1.807) is 0 Å². The minimum Gasteiger partial charge on any atom is -0.376 e. The number of nitrogens with zero attached hydrogens (tertiary/aromatic N) is 1. The first-order chi connectivity index (χ1) is 9.08. The molecule has 1 saturated heterocycles. The van der Waals surface area contributed by atoms with Crippen molar-refractivity contribution in [2.75, 3.05) is 38.2 Å². The summed E-state index contributed by atoms with van der Waals surface area (Å²) in [4.78, 5) is 2.36. The fraction of sp³-hybridized carbons (Fsp3) is 0.625. The summed E-state index contributed by atoms with van der Waals surface area (Å²) in [6.45, 7) is 10.4. The number of ether oxygens (including phenoxy) is 1. The van der Waals surface area contributed by atoms with Gasteiger partial charge in [-0.25, -0.2) is 0 Å². The third-order valence-electron chi connectivity index (χ3n) is 3.81. The molecule has 0 amide bonds. The Morgan fingerprint density at radius 2 is 1.95 bits per heavy atom. The summed E-state index contributed by atoms with van der Waals surface area (Å²) >= 11 is 0. The van der Waals surface area contributed by atoms with Crippen molar-refractivity contribution >= 4 is 5.69 Å². The van der Waals surface area contributed by atoms with Gasteiger partial charge in [0.25, 0.3) is 0 Å². The predicted octanol–water partition coefficient (Wildman–Crippen LogP) is 2.43. The first-order valence-electron chi connectivity index (χ1n) is 7.19. The van der Waals surface area contributed by atoms with Gasteiger partial charge in [0.1, 0.15) is 0 Å². The Bertz CT molecular complexity index is 402. The standard InChI is InChI=1S/C16H26N2O/c1-12-9-13(2)16(14(3)10-12)18(4)7-5-15-11-17-6-8-19-15/h9-10,15,17H,5-8,11H2,1-4H3. The molecule has 106 valence electrons. The molecule has 1 heterocycles. The monoisotopic (exact) mass is 262 g/mol. The smallest absolute Gasteiger partial charge is 0.0716 e. The van der Waals surface area contributed by atoms with Gasteiger partial charge in [0.2, 0.25) is 0 Å². The molecule has 1 aliphatic heterocycles. The van der Waals surface area contributed by atoms with Crippen molar-refractivity contribution in [1.82, 2.24) is 5.32 Å². The van der Waals surface area contributed by atoms with Crippen molar-refractivity contribution in [3.8, 4) is 0 Å². The molecule has 0 spiro atoms. The third kappa shape index (κ3) is 3.71. The average Bonchev–Trinajstić information content (AvgIpc) is 2.36. The molecule has 1 aromatic rings. The maximum Gasteiger partial charge on any atom is 0.0716 e. The van der Waals surface area contributed by atoms with Crippen LogP contribution in [-0.4, -0.2) is 39.4 Å². The van der Waals surface area contributed by atoms with E-state index >= 15 is 0 Å². The Labute approximate surface area is 116 Å². The molecule has 3 nitrogen and oxygen atoms in total. The normalized spacial score (nSPS) is 19.5.